The van der Waals surface area contributed by atoms with Crippen LogP contribution >= 0.6 is 0 Å². The van der Waals surface area contributed by atoms with Crippen molar-refractivity contribution in [3.8, 4) is 33.6 Å². The van der Waals surface area contributed by atoms with Gasteiger partial charge in [0.1, 0.15) is 5.58 Å². The molecule has 5 aromatic carbocycles. The Bertz CT molecular complexity index is 2460. The molecule has 4 heteroatoms. The zero-order valence-electron chi connectivity index (χ0n) is 31.1. The van der Waals surface area contributed by atoms with Crippen LogP contribution in [0.25, 0.3) is 55.6 Å². The van der Waals surface area contributed by atoms with E-state index in [1.54, 1.807) is 0 Å². The van der Waals surface area contributed by atoms with Crippen molar-refractivity contribution in [3.63, 3.8) is 0 Å². The predicted molar refractivity (Wildman–Crippen MR) is 219 cm³/mol. The third-order valence-electron chi connectivity index (χ3n) is 10.9. The molecule has 0 atom stereocenters. The molecule has 9 rings (SSSR count). The predicted octanol–water partition coefficient (Wildman–Crippen LogP) is 13.0. The number of furan rings is 1. The second-order valence-electron chi connectivity index (χ2n) is 14.9. The second-order valence-corrected chi connectivity index (χ2v) is 14.9. The van der Waals surface area contributed by atoms with Gasteiger partial charge in [-0.25, -0.2) is 0 Å². The molecule has 0 amide bonds. The molecule has 1 aliphatic carbocycles. The van der Waals surface area contributed by atoms with E-state index in [0.717, 1.165) is 56.8 Å². The van der Waals surface area contributed by atoms with Gasteiger partial charge in [0.15, 0.2) is 0 Å². The Morgan fingerprint density at radius 1 is 0.685 bits per heavy atom. The van der Waals surface area contributed by atoms with Crippen molar-refractivity contribution >= 4 is 21.9 Å². The van der Waals surface area contributed by atoms with Crippen LogP contribution in [0.1, 0.15) is 61.8 Å². The third-order valence-corrected chi connectivity index (χ3v) is 10.9. The SMILES string of the molecule is CC(C)(c1ccccc1)c1ccc2c(c1)oc1c[c-]c(-c3cc(CC4CCCC4)ccn3)cc12.Cc1cnc(-c2[c-]cccc2)cc1-c1ccccc1.[Ir]. The van der Waals surface area contributed by atoms with E-state index in [9.17, 15) is 0 Å². The molecule has 1 aliphatic rings. The zero-order chi connectivity index (χ0) is 36.2. The van der Waals surface area contributed by atoms with Crippen molar-refractivity contribution < 1.29 is 24.5 Å². The van der Waals surface area contributed by atoms with Gasteiger partial charge >= 0.3 is 0 Å². The summed E-state index contributed by atoms with van der Waals surface area (Å²) in [5.41, 5.74) is 13.3. The maximum atomic E-state index is 6.28. The number of aryl methyl sites for hydroxylation is 1. The summed E-state index contributed by atoms with van der Waals surface area (Å²) in [6.45, 7) is 6.62. The first kappa shape index (κ1) is 37.2. The van der Waals surface area contributed by atoms with Gasteiger partial charge in [0.05, 0.1) is 5.58 Å². The average molecular weight is 881 g/mol. The first-order valence-electron chi connectivity index (χ1n) is 18.8. The minimum atomic E-state index is -0.102. The van der Waals surface area contributed by atoms with E-state index < -0.39 is 0 Å². The number of pyridine rings is 2. The fraction of sp³-hybridized carbons (Fsp3) is 0.200. The van der Waals surface area contributed by atoms with Crippen molar-refractivity contribution in [3.05, 3.63) is 180 Å². The molecular weight excluding hydrogens is 837 g/mol. The van der Waals surface area contributed by atoms with Gasteiger partial charge in [0.25, 0.3) is 0 Å². The van der Waals surface area contributed by atoms with Crippen molar-refractivity contribution in [1.82, 2.24) is 9.97 Å². The number of nitrogens with zero attached hydrogens (tertiary/aromatic N) is 2. The normalized spacial score (nSPS) is 13.0. The van der Waals surface area contributed by atoms with Gasteiger partial charge in [0.2, 0.25) is 0 Å². The van der Waals surface area contributed by atoms with Crippen molar-refractivity contribution in [2.45, 2.75) is 58.3 Å². The molecule has 3 heterocycles. The molecule has 0 bridgehead atoms. The summed E-state index contributed by atoms with van der Waals surface area (Å²) in [6, 6.07) is 53.0. The van der Waals surface area contributed by atoms with Crippen LogP contribution in [0.15, 0.2) is 150 Å². The Hall–Kier alpha value is -5.15. The molecule has 1 saturated carbocycles. The summed E-state index contributed by atoms with van der Waals surface area (Å²) < 4.78 is 6.28. The molecule has 271 valence electrons. The first-order chi connectivity index (χ1) is 25.9. The number of rotatable bonds is 7. The fourth-order valence-corrected chi connectivity index (χ4v) is 7.73. The summed E-state index contributed by atoms with van der Waals surface area (Å²) in [5.74, 6) is 0.828. The summed E-state index contributed by atoms with van der Waals surface area (Å²) in [4.78, 5) is 9.18. The van der Waals surface area contributed by atoms with Gasteiger partial charge in [-0.05, 0) is 70.6 Å². The van der Waals surface area contributed by atoms with Crippen LogP contribution in [0.3, 0.4) is 0 Å². The maximum absolute atomic E-state index is 6.28. The quantitative estimate of drug-likeness (QED) is 0.150. The van der Waals surface area contributed by atoms with Gasteiger partial charge in [0, 0.05) is 43.3 Å². The minimum absolute atomic E-state index is 0. The van der Waals surface area contributed by atoms with Crippen LogP contribution in [-0.2, 0) is 31.9 Å². The average Bonchev–Trinajstić information content (AvgIpc) is 3.86. The Balaban J connectivity index is 0.000000191. The molecular formula is C50H44IrN2O-2. The Labute approximate surface area is 332 Å². The van der Waals surface area contributed by atoms with Gasteiger partial charge in [-0.3, -0.25) is 0 Å². The van der Waals surface area contributed by atoms with E-state index in [4.69, 9.17) is 4.42 Å². The Morgan fingerprint density at radius 2 is 1.43 bits per heavy atom. The van der Waals surface area contributed by atoms with E-state index in [0.29, 0.717) is 0 Å². The van der Waals surface area contributed by atoms with Crippen LogP contribution in [0.2, 0.25) is 0 Å². The molecule has 54 heavy (non-hydrogen) atoms. The molecule has 3 nitrogen and oxygen atoms in total. The van der Waals surface area contributed by atoms with E-state index in [2.05, 4.69) is 140 Å². The fourth-order valence-electron chi connectivity index (χ4n) is 7.73. The molecule has 1 radical (unpaired) electrons. The van der Waals surface area contributed by atoms with Crippen LogP contribution in [0, 0.1) is 25.0 Å². The first-order valence-corrected chi connectivity index (χ1v) is 18.8. The third kappa shape index (κ3) is 8.02. The monoisotopic (exact) mass is 881 g/mol. The largest absolute Gasteiger partial charge is 0.500 e. The standard InChI is InChI=1S/C32H30NO.C18H14N.Ir/c1-32(2,25-10-4-3-5-11-25)26-13-14-27-28-20-24(12-15-30(28)34-31(27)21-26)29-19-23(16-17-33-29)18-22-8-6-7-9-22;1-14-13-19-18(16-10-6-3-7-11-16)12-17(14)15-8-4-2-5-9-15;/h3-5,10-11,13-17,19-22H,6-9,18H2,1-2H3;2-10,12-13H,1H3;/q2*-1;. The number of hydrogen-bond acceptors (Lipinski definition) is 3. The van der Waals surface area contributed by atoms with Crippen LogP contribution in [0.5, 0.6) is 0 Å². The van der Waals surface area contributed by atoms with Crippen LogP contribution < -0.4 is 0 Å². The second kappa shape index (κ2) is 16.5. The van der Waals surface area contributed by atoms with Crippen molar-refractivity contribution in [2.24, 2.45) is 5.92 Å². The smallest absolute Gasteiger partial charge is 0.121 e. The van der Waals surface area contributed by atoms with E-state index in [1.807, 2.05) is 48.8 Å². The van der Waals surface area contributed by atoms with Gasteiger partial charge in [-0.15, -0.1) is 59.7 Å². The Morgan fingerprint density at radius 3 is 2.19 bits per heavy atom. The van der Waals surface area contributed by atoms with Crippen LogP contribution in [-0.4, -0.2) is 9.97 Å². The molecule has 0 N–H and O–H groups in total. The summed E-state index contributed by atoms with van der Waals surface area (Å²) in [7, 11) is 0. The van der Waals surface area contributed by atoms with E-state index in [-0.39, 0.29) is 25.5 Å². The maximum Gasteiger partial charge on any atom is 0.121 e. The van der Waals surface area contributed by atoms with Gasteiger partial charge < -0.3 is 14.4 Å². The molecule has 3 aromatic heterocycles. The summed E-state index contributed by atoms with van der Waals surface area (Å²) in [6.07, 6.45) is 10.5. The number of fused-ring (bicyclic) bond motifs is 3. The summed E-state index contributed by atoms with van der Waals surface area (Å²) >= 11 is 0. The topological polar surface area (TPSA) is 38.9 Å². The van der Waals surface area contributed by atoms with Gasteiger partial charge in [-0.1, -0.05) is 135 Å². The molecule has 0 spiro atoms. The van der Waals surface area contributed by atoms with Gasteiger partial charge in [-0.2, -0.15) is 0 Å². The molecule has 0 aliphatic heterocycles. The molecule has 1 fully saturated rings. The molecule has 8 aromatic rings. The van der Waals surface area contributed by atoms with Crippen molar-refractivity contribution in [1.29, 1.82) is 0 Å². The Kier molecular flexibility index (Phi) is 11.3. The minimum Gasteiger partial charge on any atom is -0.500 e. The summed E-state index contributed by atoms with van der Waals surface area (Å²) in [5, 5.41) is 2.26. The van der Waals surface area contributed by atoms with Crippen LogP contribution in [0.4, 0.5) is 0 Å². The van der Waals surface area contributed by atoms with Crippen molar-refractivity contribution in [2.75, 3.05) is 0 Å². The van der Waals surface area contributed by atoms with E-state index in [1.165, 1.54) is 59.1 Å². The zero-order valence-corrected chi connectivity index (χ0v) is 33.5. The number of aromatic nitrogens is 2. The number of benzene rings is 5. The molecule has 0 saturated heterocycles. The molecule has 0 unspecified atom stereocenters. The van der Waals surface area contributed by atoms with E-state index >= 15 is 0 Å². The number of hydrogen-bond donors (Lipinski definition) is 0.